The predicted molar refractivity (Wildman–Crippen MR) is 252 cm³/mol. The fourth-order valence-corrected chi connectivity index (χ4v) is 6.38. The normalized spacial score (nSPS) is 14.6. The lowest BCUT2D eigenvalue weighted by atomic mass is 10.0. The van der Waals surface area contributed by atoms with E-state index in [4.69, 9.17) is 40.1 Å². The number of aliphatic hydroxyl groups is 1. The van der Waals surface area contributed by atoms with Gasteiger partial charge in [0.2, 0.25) is 47.3 Å². The van der Waals surface area contributed by atoms with Gasteiger partial charge in [-0.2, -0.15) is 0 Å². The molecule has 0 aliphatic rings. The number of aliphatic hydroxyl groups excluding tert-OH is 1. The fourth-order valence-electron chi connectivity index (χ4n) is 6.38. The minimum atomic E-state index is -1.67. The Bertz CT molecular complexity index is 1720. The first-order chi connectivity index (χ1) is 31.8. The molecule has 0 aromatic heterocycles. The highest BCUT2D eigenvalue weighted by molar-refractivity contribution is 5.97. The predicted octanol–water partition coefficient (Wildman–Crippen LogP) is -5.60. The Morgan fingerprint density at radius 2 is 0.868 bits per heavy atom. The van der Waals surface area contributed by atoms with Crippen LogP contribution in [0.15, 0.2) is 9.98 Å². The molecule has 0 saturated carbocycles. The molecule has 27 heteroatoms. The van der Waals surface area contributed by atoms with Gasteiger partial charge < -0.3 is 87.6 Å². The third-order valence-corrected chi connectivity index (χ3v) is 10.0. The number of guanidine groups is 2. The number of aliphatic imine (C=N–C) groups is 2. The lowest BCUT2D eigenvalue weighted by Gasteiger charge is -2.28. The molecule has 388 valence electrons. The van der Waals surface area contributed by atoms with Gasteiger partial charge in [-0.15, -0.1) is 0 Å². The second-order valence-corrected chi connectivity index (χ2v) is 17.2. The number of aliphatic carboxylic acids is 1. The van der Waals surface area contributed by atoms with E-state index in [0.29, 0.717) is 25.8 Å². The Kier molecular flexibility index (Phi) is 30.1. The molecule has 8 atom stereocenters. The maximum absolute atomic E-state index is 14.2. The number of carboxylic acids is 1. The number of unbranched alkanes of at least 4 members (excludes halogenated alkanes) is 1. The maximum Gasteiger partial charge on any atom is 0.328 e. The van der Waals surface area contributed by atoms with Crippen molar-refractivity contribution in [2.24, 2.45) is 62.0 Å². The van der Waals surface area contributed by atoms with E-state index in [1.54, 1.807) is 27.7 Å². The van der Waals surface area contributed by atoms with Crippen LogP contribution in [0.4, 0.5) is 0 Å². The molecule has 0 aromatic carbocycles. The van der Waals surface area contributed by atoms with Crippen LogP contribution in [0.2, 0.25) is 0 Å². The summed E-state index contributed by atoms with van der Waals surface area (Å²) in [6.45, 7) is 7.92. The van der Waals surface area contributed by atoms with Gasteiger partial charge in [-0.1, -0.05) is 34.1 Å². The zero-order valence-corrected chi connectivity index (χ0v) is 39.9. The third kappa shape index (κ3) is 26.7. The van der Waals surface area contributed by atoms with Crippen molar-refractivity contribution in [2.75, 3.05) is 26.2 Å². The number of rotatable bonds is 35. The van der Waals surface area contributed by atoms with Crippen LogP contribution in [0.1, 0.15) is 105 Å². The van der Waals surface area contributed by atoms with Crippen LogP contribution in [0, 0.1) is 11.8 Å². The first-order valence-electron chi connectivity index (χ1n) is 22.6. The summed E-state index contributed by atoms with van der Waals surface area (Å²) in [5.74, 6) is -9.01. The smallest absolute Gasteiger partial charge is 0.328 e. The van der Waals surface area contributed by atoms with Crippen LogP contribution in [0.25, 0.3) is 0 Å². The Labute approximate surface area is 396 Å². The number of hydrogen-bond donors (Lipinski definition) is 16. The van der Waals surface area contributed by atoms with Crippen molar-refractivity contribution in [3.05, 3.63) is 0 Å². The number of carbonyl (C=O) groups excluding carboxylic acids is 8. The van der Waals surface area contributed by atoms with Gasteiger partial charge in [-0.05, 0) is 83.1 Å². The third-order valence-electron chi connectivity index (χ3n) is 10.0. The lowest BCUT2D eigenvalue weighted by molar-refractivity contribution is -0.143. The van der Waals surface area contributed by atoms with Crippen molar-refractivity contribution in [1.82, 2.24) is 37.2 Å². The van der Waals surface area contributed by atoms with Gasteiger partial charge in [0.15, 0.2) is 11.9 Å². The summed E-state index contributed by atoms with van der Waals surface area (Å²) in [6, 6.07) is -10.6. The molecule has 27 nitrogen and oxygen atoms in total. The maximum atomic E-state index is 14.2. The summed E-state index contributed by atoms with van der Waals surface area (Å²) in [5, 5.41) is 36.4. The molecular formula is C41H78N16O11. The molecule has 0 fully saturated rings. The van der Waals surface area contributed by atoms with Gasteiger partial charge in [0.25, 0.3) is 0 Å². The van der Waals surface area contributed by atoms with Crippen molar-refractivity contribution >= 4 is 65.1 Å². The molecule has 0 rings (SSSR count). The topological polar surface area (TPSA) is 485 Å². The number of amides is 8. The number of nitrogens with one attached hydrogen (secondary N) is 7. The van der Waals surface area contributed by atoms with Crippen LogP contribution >= 0.6 is 0 Å². The average Bonchev–Trinajstić information content (AvgIpc) is 3.24. The number of carbonyl (C=O) groups is 9. The lowest BCUT2D eigenvalue weighted by Crippen LogP contribution is -2.60. The molecule has 0 radical (unpaired) electrons. The van der Waals surface area contributed by atoms with E-state index in [1.165, 1.54) is 6.92 Å². The van der Waals surface area contributed by atoms with Crippen LogP contribution in [0.3, 0.4) is 0 Å². The molecule has 8 amide bonds. The number of carboxylic acid groups (broad SMARTS) is 1. The zero-order valence-electron chi connectivity index (χ0n) is 39.9. The van der Waals surface area contributed by atoms with Crippen molar-refractivity contribution in [3.63, 3.8) is 0 Å². The summed E-state index contributed by atoms with van der Waals surface area (Å²) in [4.78, 5) is 126. The molecule has 0 aliphatic heterocycles. The molecule has 23 N–H and O–H groups in total. The monoisotopic (exact) mass is 971 g/mol. The zero-order chi connectivity index (χ0) is 52.1. The Morgan fingerprint density at radius 1 is 0.485 bits per heavy atom. The van der Waals surface area contributed by atoms with E-state index in [2.05, 4.69) is 47.2 Å². The van der Waals surface area contributed by atoms with Crippen LogP contribution in [-0.2, 0) is 43.2 Å². The van der Waals surface area contributed by atoms with E-state index >= 15 is 0 Å². The molecule has 0 spiro atoms. The SMILES string of the molecule is CC(C)CC(NC(=O)C(CCCN=C(N)N)NC(=O)C(CCCN=C(N)N)NC(=O)C(CC(C)C)NC(=O)C(CCC(N)=O)NC(=O)C(C)NC(=O)C(N)CCCCN)C(=O)NC(CO)C(=O)O. The largest absolute Gasteiger partial charge is 0.480 e. The molecule has 8 unspecified atom stereocenters. The number of primary amides is 1. The van der Waals surface area contributed by atoms with E-state index in [9.17, 15) is 53.4 Å². The van der Waals surface area contributed by atoms with Gasteiger partial charge in [0.1, 0.15) is 42.3 Å². The van der Waals surface area contributed by atoms with E-state index in [-0.39, 0.29) is 88.2 Å². The summed E-state index contributed by atoms with van der Waals surface area (Å²) >= 11 is 0. The molecule has 0 saturated heterocycles. The Balaban J connectivity index is 6.73. The first-order valence-corrected chi connectivity index (χ1v) is 22.6. The van der Waals surface area contributed by atoms with Gasteiger partial charge in [-0.3, -0.25) is 48.3 Å². The molecule has 68 heavy (non-hydrogen) atoms. The van der Waals surface area contributed by atoms with E-state index in [1.807, 2.05) is 0 Å². The molecule has 0 heterocycles. The second-order valence-electron chi connectivity index (χ2n) is 17.2. The summed E-state index contributed by atoms with van der Waals surface area (Å²) in [5.41, 5.74) is 38.7. The number of hydrogen-bond acceptors (Lipinski definition) is 14. The van der Waals surface area contributed by atoms with Gasteiger partial charge in [0.05, 0.1) is 12.6 Å². The van der Waals surface area contributed by atoms with Gasteiger partial charge in [0, 0.05) is 19.5 Å². The summed E-state index contributed by atoms with van der Waals surface area (Å²) in [6.07, 6.45) is 1.02. The van der Waals surface area contributed by atoms with E-state index in [0.717, 1.165) is 0 Å². The highest BCUT2D eigenvalue weighted by atomic mass is 16.4. The van der Waals surface area contributed by atoms with Gasteiger partial charge in [-0.25, -0.2) is 4.79 Å². The average molecular weight is 971 g/mol. The van der Waals surface area contributed by atoms with Crippen LogP contribution in [0.5, 0.6) is 0 Å². The van der Waals surface area contributed by atoms with Crippen molar-refractivity contribution in [2.45, 2.75) is 154 Å². The second kappa shape index (κ2) is 33.2. The number of nitrogens with two attached hydrogens (primary N) is 7. The minimum Gasteiger partial charge on any atom is -0.480 e. The standard InChI is InChI=1S/C41H78N16O11/c1-21(2)18-28(56-36(64)27(13-14-31(44)59)52-32(60)23(5)51-33(61)24(43)10-6-7-15-42)37(65)54-25(11-8-16-49-40(45)46)34(62)53-26(12-9-17-50-41(47)48)35(63)55-29(19-22(3)4)38(66)57-30(20-58)39(67)68/h21-30,58H,6-20,42-43H2,1-5H3,(H2,44,59)(H,51,61)(H,52,60)(H,53,62)(H,54,65)(H,55,63)(H,56,64)(H,57,66)(H,67,68)(H4,45,46,49)(H4,47,48,50). The quantitative estimate of drug-likeness (QED) is 0.0160. The highest BCUT2D eigenvalue weighted by Gasteiger charge is 2.34. The summed E-state index contributed by atoms with van der Waals surface area (Å²) < 4.78 is 0. The Morgan fingerprint density at radius 3 is 1.24 bits per heavy atom. The van der Waals surface area contributed by atoms with Gasteiger partial charge >= 0.3 is 5.97 Å². The highest BCUT2D eigenvalue weighted by Crippen LogP contribution is 2.12. The van der Waals surface area contributed by atoms with Crippen molar-refractivity contribution < 1.29 is 53.4 Å². The van der Waals surface area contributed by atoms with Crippen LogP contribution < -0.4 is 77.4 Å². The first kappa shape index (κ1) is 61.7. The van der Waals surface area contributed by atoms with Crippen LogP contribution in [-0.4, -0.2) is 150 Å². The van der Waals surface area contributed by atoms with Crippen molar-refractivity contribution in [1.29, 1.82) is 0 Å². The minimum absolute atomic E-state index is 0.0129. The summed E-state index contributed by atoms with van der Waals surface area (Å²) in [7, 11) is 0. The molecular weight excluding hydrogens is 893 g/mol. The molecule has 0 bridgehead atoms. The number of nitrogens with zero attached hydrogens (tertiary/aromatic N) is 2. The van der Waals surface area contributed by atoms with Crippen molar-refractivity contribution in [3.8, 4) is 0 Å². The molecule has 0 aliphatic carbocycles. The van der Waals surface area contributed by atoms with E-state index < -0.39 is 108 Å². The fraction of sp³-hybridized carbons (Fsp3) is 0.732. The Hall–Kier alpha value is -6.35. The molecule has 0 aromatic rings.